The zero-order valence-electron chi connectivity index (χ0n) is 13.1. The average Bonchev–Trinajstić information content (AvgIpc) is 2.56. The summed E-state index contributed by atoms with van der Waals surface area (Å²) in [6, 6.07) is 3.84. The van der Waals surface area contributed by atoms with Gasteiger partial charge in [0.05, 0.1) is 20.1 Å². The largest absolute Gasteiger partial charge is 0.469 e. The highest BCUT2D eigenvalue weighted by molar-refractivity contribution is 6.30. The molecule has 23 heavy (non-hydrogen) atoms. The van der Waals surface area contributed by atoms with Crippen LogP contribution in [0.15, 0.2) is 18.2 Å². The van der Waals surface area contributed by atoms with Crippen molar-refractivity contribution in [1.29, 1.82) is 0 Å². The van der Waals surface area contributed by atoms with E-state index in [0.29, 0.717) is 30.0 Å². The molecule has 2 atom stereocenters. The number of hydrogen-bond acceptors (Lipinski definition) is 5. The van der Waals surface area contributed by atoms with Crippen molar-refractivity contribution in [3.63, 3.8) is 0 Å². The first kappa shape index (κ1) is 17.7. The van der Waals surface area contributed by atoms with Gasteiger partial charge >= 0.3 is 11.9 Å². The second-order valence-corrected chi connectivity index (χ2v) is 5.93. The van der Waals surface area contributed by atoms with Crippen molar-refractivity contribution < 1.29 is 23.5 Å². The van der Waals surface area contributed by atoms with Crippen LogP contribution in [0.5, 0.6) is 0 Å². The molecule has 1 aliphatic heterocycles. The van der Waals surface area contributed by atoms with Crippen molar-refractivity contribution in [2.24, 2.45) is 5.92 Å². The van der Waals surface area contributed by atoms with Crippen molar-refractivity contribution in [3.05, 3.63) is 34.6 Å². The summed E-state index contributed by atoms with van der Waals surface area (Å²) < 4.78 is 23.5. The summed E-state index contributed by atoms with van der Waals surface area (Å²) >= 11 is 5.75. The molecule has 0 amide bonds. The van der Waals surface area contributed by atoms with E-state index in [-0.39, 0.29) is 18.4 Å². The molecule has 7 heteroatoms. The number of ether oxygens (including phenoxy) is 2. The molecule has 1 heterocycles. The van der Waals surface area contributed by atoms with Crippen molar-refractivity contribution in [3.8, 4) is 0 Å². The van der Waals surface area contributed by atoms with E-state index in [4.69, 9.17) is 21.1 Å². The highest BCUT2D eigenvalue weighted by atomic mass is 35.5. The van der Waals surface area contributed by atoms with Crippen molar-refractivity contribution in [2.45, 2.75) is 25.4 Å². The van der Waals surface area contributed by atoms with Crippen LogP contribution in [0.4, 0.5) is 4.39 Å². The molecule has 2 rings (SSSR count). The number of carbonyl (C=O) groups is 2. The van der Waals surface area contributed by atoms with E-state index in [1.807, 2.05) is 4.90 Å². The quantitative estimate of drug-likeness (QED) is 0.786. The average molecular weight is 344 g/mol. The normalized spacial score (nSPS) is 21.7. The van der Waals surface area contributed by atoms with Gasteiger partial charge in [0.2, 0.25) is 0 Å². The number of piperidine rings is 1. The Kier molecular flexibility index (Phi) is 5.96. The van der Waals surface area contributed by atoms with Gasteiger partial charge in [-0.15, -0.1) is 0 Å². The summed E-state index contributed by atoms with van der Waals surface area (Å²) in [7, 11) is 2.62. The summed E-state index contributed by atoms with van der Waals surface area (Å²) in [6.07, 6.45) is 0.851. The van der Waals surface area contributed by atoms with Crippen LogP contribution < -0.4 is 0 Å². The lowest BCUT2D eigenvalue weighted by atomic mass is 9.90. The van der Waals surface area contributed by atoms with Crippen LogP contribution in [0.25, 0.3) is 0 Å². The predicted molar refractivity (Wildman–Crippen MR) is 82.4 cm³/mol. The fraction of sp³-hybridized carbons (Fsp3) is 0.500. The van der Waals surface area contributed by atoms with Crippen LogP contribution in [-0.2, 0) is 25.6 Å². The lowest BCUT2D eigenvalue weighted by Gasteiger charge is -2.36. The Hall–Kier alpha value is -1.66. The Bertz CT molecular complexity index is 595. The van der Waals surface area contributed by atoms with Crippen LogP contribution in [0.2, 0.25) is 5.02 Å². The molecular weight excluding hydrogens is 325 g/mol. The Morgan fingerprint density at radius 2 is 2.00 bits per heavy atom. The number of halogens is 2. The standard InChI is InChI=1S/C16H19ClFNO4/c1-22-15(20)10-5-6-19(14(7-10)16(21)23-2)9-11-3-4-12(17)8-13(11)18/h3-4,8,10,14H,5-7,9H2,1-2H3/t10-,14+/m1/s1. The van der Waals surface area contributed by atoms with Gasteiger partial charge in [0.25, 0.3) is 0 Å². The van der Waals surface area contributed by atoms with Crippen LogP contribution in [0.3, 0.4) is 0 Å². The molecule has 1 aliphatic rings. The molecule has 0 spiro atoms. The van der Waals surface area contributed by atoms with Crippen molar-refractivity contribution in [2.75, 3.05) is 20.8 Å². The first-order valence-electron chi connectivity index (χ1n) is 7.30. The molecule has 0 N–H and O–H groups in total. The Morgan fingerprint density at radius 3 is 2.61 bits per heavy atom. The summed E-state index contributed by atoms with van der Waals surface area (Å²) in [6.45, 7) is 0.720. The van der Waals surface area contributed by atoms with Gasteiger partial charge in [-0.3, -0.25) is 14.5 Å². The Balaban J connectivity index is 2.16. The minimum absolute atomic E-state index is 0.247. The predicted octanol–water partition coefficient (Wildman–Crippen LogP) is 2.41. The molecule has 0 aromatic heterocycles. The number of likely N-dealkylation sites (tertiary alicyclic amines) is 1. The van der Waals surface area contributed by atoms with Gasteiger partial charge in [-0.05, 0) is 25.0 Å². The molecule has 126 valence electrons. The monoisotopic (exact) mass is 343 g/mol. The zero-order chi connectivity index (χ0) is 17.0. The summed E-state index contributed by atoms with van der Waals surface area (Å²) in [5.41, 5.74) is 0.444. The molecule has 0 radical (unpaired) electrons. The van der Waals surface area contributed by atoms with Gasteiger partial charge in [0.15, 0.2) is 0 Å². The lowest BCUT2D eigenvalue weighted by molar-refractivity contribution is -0.154. The molecule has 0 unspecified atom stereocenters. The summed E-state index contributed by atoms with van der Waals surface area (Å²) in [5, 5.41) is 0.320. The second kappa shape index (κ2) is 7.75. The maximum Gasteiger partial charge on any atom is 0.323 e. The van der Waals surface area contributed by atoms with E-state index in [2.05, 4.69) is 0 Å². The van der Waals surface area contributed by atoms with Gasteiger partial charge in [0.1, 0.15) is 11.9 Å². The van der Waals surface area contributed by atoms with Crippen LogP contribution >= 0.6 is 11.6 Å². The number of methoxy groups -OCH3 is 2. The third-order valence-corrected chi connectivity index (χ3v) is 4.34. The summed E-state index contributed by atoms with van der Waals surface area (Å²) in [5.74, 6) is -1.55. The Labute approximate surface area is 139 Å². The fourth-order valence-corrected chi connectivity index (χ4v) is 2.99. The zero-order valence-corrected chi connectivity index (χ0v) is 13.8. The van der Waals surface area contributed by atoms with Crippen LogP contribution in [0.1, 0.15) is 18.4 Å². The molecule has 1 fully saturated rings. The van der Waals surface area contributed by atoms with E-state index in [0.717, 1.165) is 0 Å². The first-order chi connectivity index (χ1) is 11.0. The summed E-state index contributed by atoms with van der Waals surface area (Å²) in [4.78, 5) is 25.6. The maximum absolute atomic E-state index is 14.0. The third-order valence-electron chi connectivity index (χ3n) is 4.11. The fourth-order valence-electron chi connectivity index (χ4n) is 2.83. The number of benzene rings is 1. The molecule has 1 aromatic rings. The van der Waals surface area contributed by atoms with E-state index < -0.39 is 17.8 Å². The smallest absolute Gasteiger partial charge is 0.323 e. The topological polar surface area (TPSA) is 55.8 Å². The number of carbonyl (C=O) groups excluding carboxylic acids is 2. The third kappa shape index (κ3) is 4.20. The van der Waals surface area contributed by atoms with E-state index >= 15 is 0 Å². The van der Waals surface area contributed by atoms with Gasteiger partial charge in [-0.2, -0.15) is 0 Å². The molecule has 0 saturated carbocycles. The van der Waals surface area contributed by atoms with Gasteiger partial charge in [-0.25, -0.2) is 4.39 Å². The van der Waals surface area contributed by atoms with Crippen LogP contribution in [-0.4, -0.2) is 43.6 Å². The molecule has 1 saturated heterocycles. The SMILES string of the molecule is COC(=O)[C@@H]1CCN(Cc2ccc(Cl)cc2F)[C@H](C(=O)OC)C1. The minimum atomic E-state index is -0.604. The van der Waals surface area contributed by atoms with Crippen molar-refractivity contribution >= 4 is 23.5 Å². The highest BCUT2D eigenvalue weighted by Gasteiger charge is 2.37. The molecule has 0 aliphatic carbocycles. The molecule has 0 bridgehead atoms. The number of hydrogen-bond donors (Lipinski definition) is 0. The molecular formula is C16H19ClFNO4. The number of rotatable bonds is 4. The van der Waals surface area contributed by atoms with E-state index in [9.17, 15) is 14.0 Å². The second-order valence-electron chi connectivity index (χ2n) is 5.49. The highest BCUT2D eigenvalue weighted by Crippen LogP contribution is 2.27. The lowest BCUT2D eigenvalue weighted by Crippen LogP contribution is -2.48. The molecule has 5 nitrogen and oxygen atoms in total. The van der Waals surface area contributed by atoms with E-state index in [1.165, 1.54) is 20.3 Å². The Morgan fingerprint density at radius 1 is 1.30 bits per heavy atom. The van der Waals surface area contributed by atoms with Crippen LogP contribution in [0, 0.1) is 11.7 Å². The van der Waals surface area contributed by atoms with Gasteiger partial charge < -0.3 is 9.47 Å². The van der Waals surface area contributed by atoms with Crippen molar-refractivity contribution in [1.82, 2.24) is 4.90 Å². The van der Waals surface area contributed by atoms with Gasteiger partial charge in [0, 0.05) is 23.7 Å². The van der Waals surface area contributed by atoms with E-state index in [1.54, 1.807) is 12.1 Å². The molecule has 1 aromatic carbocycles. The minimum Gasteiger partial charge on any atom is -0.469 e. The number of esters is 2. The first-order valence-corrected chi connectivity index (χ1v) is 7.67. The number of nitrogens with zero attached hydrogens (tertiary/aromatic N) is 1. The van der Waals surface area contributed by atoms with Gasteiger partial charge in [-0.1, -0.05) is 17.7 Å². The maximum atomic E-state index is 14.0.